The van der Waals surface area contributed by atoms with Crippen LogP contribution < -0.4 is 0 Å². The van der Waals surface area contributed by atoms with Gasteiger partial charge in [0.15, 0.2) is 0 Å². The first-order valence-electron chi connectivity index (χ1n) is 36.3. The van der Waals surface area contributed by atoms with Crippen molar-refractivity contribution in [1.29, 1.82) is 0 Å². The number of benzene rings is 9. The molecule has 0 aromatic heterocycles. The van der Waals surface area contributed by atoms with Crippen LogP contribution >= 0.6 is 0 Å². The third kappa shape index (κ3) is 30.9. The van der Waals surface area contributed by atoms with Crippen molar-refractivity contribution in [2.24, 2.45) is 0 Å². The van der Waals surface area contributed by atoms with Crippen molar-refractivity contribution in [1.82, 2.24) is 0 Å². The summed E-state index contributed by atoms with van der Waals surface area (Å²) < 4.78 is 15.1. The number of hydrogen-bond acceptors (Lipinski definition) is 6. The fourth-order valence-corrected chi connectivity index (χ4v) is 9.15. The number of carbonyl (C=O) groups is 3. The second-order valence-electron chi connectivity index (χ2n) is 19.2. The molecule has 0 N–H and O–H groups in total. The number of esters is 3. The summed E-state index contributed by atoms with van der Waals surface area (Å²) in [4.78, 5) is 35.5. The van der Waals surface area contributed by atoms with Crippen LogP contribution in [0.3, 0.4) is 0 Å². The zero-order chi connectivity index (χ0) is 73.6. The van der Waals surface area contributed by atoms with Crippen LogP contribution in [0.25, 0.3) is 66.8 Å². The van der Waals surface area contributed by atoms with Gasteiger partial charge < -0.3 is 14.2 Å². The van der Waals surface area contributed by atoms with E-state index in [4.69, 9.17) is 14.2 Å². The van der Waals surface area contributed by atoms with E-state index in [0.717, 1.165) is 47.1 Å². The minimum atomic E-state index is -0.278. The largest absolute Gasteiger partial charge is 0.462 e. The molecule has 6 nitrogen and oxygen atoms in total. The molecule has 0 spiro atoms. The van der Waals surface area contributed by atoms with Gasteiger partial charge in [0.05, 0.1) is 36.5 Å². The molecule has 0 aliphatic carbocycles. The van der Waals surface area contributed by atoms with Crippen LogP contribution in [-0.4, -0.2) is 37.7 Å². The number of carbonyl (C=O) groups excluding carboxylic acids is 3. The Morgan fingerprint density at radius 1 is 0.240 bits per heavy atom. The lowest BCUT2D eigenvalue weighted by atomic mass is 9.94. The molecule has 0 bridgehead atoms. The van der Waals surface area contributed by atoms with Crippen LogP contribution in [-0.2, 0) is 33.5 Å². The van der Waals surface area contributed by atoms with Crippen molar-refractivity contribution in [3.63, 3.8) is 0 Å². The Labute approximate surface area is 586 Å². The highest BCUT2D eigenvalue weighted by Gasteiger charge is 2.13. The molecule has 0 atom stereocenters. The smallest absolute Gasteiger partial charge is 0.338 e. The maximum atomic E-state index is 11.8. The molecule has 96 heavy (non-hydrogen) atoms. The van der Waals surface area contributed by atoms with Gasteiger partial charge in [-0.15, -0.1) is 0 Å². The molecular formula is C90H126O6. The summed E-state index contributed by atoms with van der Waals surface area (Å²) in [6.07, 6.45) is 3.14. The molecule has 522 valence electrons. The van der Waals surface area contributed by atoms with Crippen LogP contribution in [0, 0.1) is 20.8 Å². The van der Waals surface area contributed by atoms with Gasteiger partial charge in [-0.2, -0.15) is 0 Å². The van der Waals surface area contributed by atoms with E-state index in [1.54, 1.807) is 0 Å². The van der Waals surface area contributed by atoms with E-state index in [0.29, 0.717) is 36.5 Å². The maximum absolute atomic E-state index is 11.8. The van der Waals surface area contributed by atoms with E-state index in [1.807, 2.05) is 218 Å². The number of rotatable bonds is 15. The van der Waals surface area contributed by atoms with Gasteiger partial charge in [-0.05, 0) is 216 Å². The number of hydrogen-bond donors (Lipinski definition) is 0. The summed E-state index contributed by atoms with van der Waals surface area (Å²) in [5, 5.41) is 0. The van der Waals surface area contributed by atoms with Crippen LogP contribution in [0.2, 0.25) is 0 Å². The average molecular weight is 1300 g/mol. The Morgan fingerprint density at radius 3 is 0.688 bits per heavy atom. The third-order valence-electron chi connectivity index (χ3n) is 13.8. The van der Waals surface area contributed by atoms with E-state index < -0.39 is 0 Å². The molecule has 0 aliphatic rings. The number of ether oxygens (including phenoxy) is 3. The second kappa shape index (κ2) is 56.7. The summed E-state index contributed by atoms with van der Waals surface area (Å²) in [6, 6.07) is 68.6. The van der Waals surface area contributed by atoms with Gasteiger partial charge in [0, 0.05) is 0 Å². The average Bonchev–Trinajstić information content (AvgIpc) is 0.840. The van der Waals surface area contributed by atoms with Crippen LogP contribution in [0.1, 0.15) is 231 Å². The summed E-state index contributed by atoms with van der Waals surface area (Å²) in [6.45, 7) is 55.5. The van der Waals surface area contributed by atoms with E-state index in [1.165, 1.54) is 72.3 Å². The highest BCUT2D eigenvalue weighted by Crippen LogP contribution is 2.33. The molecule has 0 amide bonds. The standard InChI is InChI=1S/3C24H24O2.9C2H6/c1-4-18-7-10-20(11-8-18)23-16-22(9-6-17(23)3)19-12-14-21(15-13-19)24(25)26-5-2;1-4-18-7-10-19(11-8-18)22-9-6-17(3)23(16-22)20-12-14-21(15-13-20)24(25)26-5-2;1-4-18-6-8-19(9-7-18)22-14-17(3)15-23(16-22)20-10-12-21(13-11-20)24(25)26-5-2;9*1-2/h3*6-16H,4-5H2,1-3H3;9*1-2H3. The lowest BCUT2D eigenvalue weighted by molar-refractivity contribution is 0.0517. The van der Waals surface area contributed by atoms with Crippen molar-refractivity contribution < 1.29 is 28.6 Å². The maximum Gasteiger partial charge on any atom is 0.338 e. The molecule has 6 heteroatoms. The first-order chi connectivity index (χ1) is 46.8. The molecule has 9 aromatic carbocycles. The molecule has 0 saturated carbocycles. The fraction of sp³-hybridized carbons (Fsp3) is 0.367. The second-order valence-corrected chi connectivity index (χ2v) is 19.2. The van der Waals surface area contributed by atoms with Gasteiger partial charge in [-0.3, -0.25) is 0 Å². The molecule has 0 fully saturated rings. The van der Waals surface area contributed by atoms with Gasteiger partial charge in [-0.1, -0.05) is 291 Å². The van der Waals surface area contributed by atoms with Crippen LogP contribution in [0.5, 0.6) is 0 Å². The minimum absolute atomic E-state index is 0.277. The normalized spacial score (nSPS) is 9.16. The molecule has 0 saturated heterocycles. The Balaban J connectivity index is -0.00000121. The molecule has 0 heterocycles. The number of aryl methyl sites for hydroxylation is 6. The highest BCUT2D eigenvalue weighted by molar-refractivity contribution is 5.92. The Morgan fingerprint density at radius 2 is 0.448 bits per heavy atom. The van der Waals surface area contributed by atoms with Gasteiger partial charge in [0.25, 0.3) is 0 Å². The predicted molar refractivity (Wildman–Crippen MR) is 424 cm³/mol. The Bertz CT molecular complexity index is 3410. The molecule has 0 aliphatic heterocycles. The molecule has 0 radical (unpaired) electrons. The van der Waals surface area contributed by atoms with Crippen molar-refractivity contribution in [3.8, 4) is 66.8 Å². The van der Waals surface area contributed by atoms with Gasteiger partial charge in [-0.25, -0.2) is 14.4 Å². The van der Waals surface area contributed by atoms with Crippen molar-refractivity contribution in [2.75, 3.05) is 19.8 Å². The van der Waals surface area contributed by atoms with E-state index in [-0.39, 0.29) is 17.9 Å². The summed E-state index contributed by atoms with van der Waals surface area (Å²) in [5.41, 5.74) is 23.5. The van der Waals surface area contributed by atoms with Crippen LogP contribution in [0.15, 0.2) is 200 Å². The minimum Gasteiger partial charge on any atom is -0.462 e. The molecule has 0 unspecified atom stereocenters. The zero-order valence-electron chi connectivity index (χ0n) is 64.7. The highest BCUT2D eigenvalue weighted by atomic mass is 16.5. The van der Waals surface area contributed by atoms with Crippen molar-refractivity contribution in [2.45, 2.75) is 206 Å². The third-order valence-corrected chi connectivity index (χ3v) is 13.8. The first-order valence-corrected chi connectivity index (χ1v) is 36.3. The lowest BCUT2D eigenvalue weighted by Crippen LogP contribution is -2.04. The quantitative estimate of drug-likeness (QED) is 0.0752. The Kier molecular flexibility index (Phi) is 54.1. The fourth-order valence-electron chi connectivity index (χ4n) is 9.15. The summed E-state index contributed by atoms with van der Waals surface area (Å²) >= 11 is 0. The topological polar surface area (TPSA) is 78.9 Å². The van der Waals surface area contributed by atoms with Crippen molar-refractivity contribution in [3.05, 3.63) is 250 Å². The van der Waals surface area contributed by atoms with Crippen LogP contribution in [0.4, 0.5) is 0 Å². The first kappa shape index (κ1) is 91.6. The van der Waals surface area contributed by atoms with Gasteiger partial charge in [0.1, 0.15) is 0 Å². The van der Waals surface area contributed by atoms with E-state index in [2.05, 4.69) is 169 Å². The lowest BCUT2D eigenvalue weighted by Gasteiger charge is -2.11. The van der Waals surface area contributed by atoms with Gasteiger partial charge in [0.2, 0.25) is 0 Å². The van der Waals surface area contributed by atoms with Crippen molar-refractivity contribution >= 4 is 17.9 Å². The van der Waals surface area contributed by atoms with E-state index >= 15 is 0 Å². The molecular weight excluding hydrogens is 1180 g/mol. The zero-order valence-corrected chi connectivity index (χ0v) is 64.7. The Hall–Kier alpha value is -8.61. The summed E-state index contributed by atoms with van der Waals surface area (Å²) in [5.74, 6) is -0.833. The predicted octanol–water partition coefficient (Wildman–Crippen LogP) is 27.4. The SMILES string of the molecule is CC.CC.CC.CC.CC.CC.CC.CC.CC.CCOC(=O)c1ccc(-c2cc(-c3ccc(CC)cc3)ccc2C)cc1.CCOC(=O)c1ccc(-c2cc(C)cc(-c3ccc(CC)cc3)c2)cc1.CCOC(=O)c1ccc(-c2ccc(C)c(-c3ccc(CC)cc3)c2)cc1. The van der Waals surface area contributed by atoms with Gasteiger partial charge >= 0.3 is 17.9 Å². The monoisotopic (exact) mass is 1300 g/mol. The molecule has 9 aromatic rings. The molecule has 9 rings (SSSR count). The van der Waals surface area contributed by atoms with E-state index in [9.17, 15) is 14.4 Å². The summed E-state index contributed by atoms with van der Waals surface area (Å²) in [7, 11) is 0.